The molecule has 24 heavy (non-hydrogen) atoms. The molecule has 0 radical (unpaired) electrons. The quantitative estimate of drug-likeness (QED) is 0.616. The van der Waals surface area contributed by atoms with Crippen LogP contribution in [0, 0.1) is 6.92 Å². The van der Waals surface area contributed by atoms with E-state index in [1.807, 2.05) is 38.1 Å². The average molecular weight is 331 g/mol. The molecule has 130 valence electrons. The second kappa shape index (κ2) is 8.64. The topological polar surface area (TPSA) is 64.6 Å². The highest BCUT2D eigenvalue weighted by molar-refractivity contribution is 5.95. The smallest absolute Gasteiger partial charge is 0.336 e. The SMILES string of the molecule is CCCOCCOC(=O)C1=C(C)NC(=O)CC1c1ccccc1C. The van der Waals surface area contributed by atoms with Gasteiger partial charge in [0.05, 0.1) is 12.2 Å². The van der Waals surface area contributed by atoms with Gasteiger partial charge in [-0.2, -0.15) is 0 Å². The number of aryl methyl sites for hydroxylation is 1. The van der Waals surface area contributed by atoms with E-state index in [0.717, 1.165) is 17.5 Å². The summed E-state index contributed by atoms with van der Waals surface area (Å²) < 4.78 is 10.7. The molecule has 0 spiro atoms. The monoisotopic (exact) mass is 331 g/mol. The molecule has 5 nitrogen and oxygen atoms in total. The first kappa shape index (κ1) is 18.2. The molecule has 0 saturated heterocycles. The number of amides is 1. The van der Waals surface area contributed by atoms with E-state index in [-0.39, 0.29) is 30.8 Å². The molecular weight excluding hydrogens is 306 g/mol. The molecule has 1 aromatic carbocycles. The van der Waals surface area contributed by atoms with Crippen LogP contribution in [0.1, 0.15) is 43.7 Å². The Hall–Kier alpha value is -2.14. The molecule has 2 rings (SSSR count). The maximum atomic E-state index is 12.6. The zero-order valence-electron chi connectivity index (χ0n) is 14.6. The van der Waals surface area contributed by atoms with Crippen LogP contribution in [0.2, 0.25) is 0 Å². The highest BCUT2D eigenvalue weighted by atomic mass is 16.6. The van der Waals surface area contributed by atoms with E-state index in [1.165, 1.54) is 0 Å². The molecule has 0 aromatic heterocycles. The molecule has 1 aliphatic heterocycles. The molecule has 1 atom stereocenters. The lowest BCUT2D eigenvalue weighted by atomic mass is 9.82. The van der Waals surface area contributed by atoms with E-state index in [4.69, 9.17) is 9.47 Å². The Kier molecular flexibility index (Phi) is 6.55. The summed E-state index contributed by atoms with van der Waals surface area (Å²) in [6, 6.07) is 7.81. The van der Waals surface area contributed by atoms with E-state index >= 15 is 0 Å². The van der Waals surface area contributed by atoms with E-state index in [1.54, 1.807) is 6.92 Å². The number of benzene rings is 1. The van der Waals surface area contributed by atoms with Crippen LogP contribution in [0.4, 0.5) is 0 Å². The molecule has 0 fully saturated rings. The lowest BCUT2D eigenvalue weighted by molar-refractivity contribution is -0.141. The van der Waals surface area contributed by atoms with Gasteiger partial charge < -0.3 is 14.8 Å². The van der Waals surface area contributed by atoms with Crippen molar-refractivity contribution in [2.75, 3.05) is 19.8 Å². The fourth-order valence-corrected chi connectivity index (χ4v) is 2.93. The lowest BCUT2D eigenvalue weighted by Gasteiger charge is -2.27. The Morgan fingerprint density at radius 2 is 1.96 bits per heavy atom. The number of allylic oxidation sites excluding steroid dienone is 1. The van der Waals surface area contributed by atoms with Gasteiger partial charge in [-0.3, -0.25) is 4.79 Å². The maximum absolute atomic E-state index is 12.6. The summed E-state index contributed by atoms with van der Waals surface area (Å²) in [5.41, 5.74) is 3.14. The van der Waals surface area contributed by atoms with Crippen LogP contribution in [-0.4, -0.2) is 31.7 Å². The van der Waals surface area contributed by atoms with Crippen molar-refractivity contribution >= 4 is 11.9 Å². The van der Waals surface area contributed by atoms with Crippen molar-refractivity contribution < 1.29 is 19.1 Å². The Morgan fingerprint density at radius 3 is 2.67 bits per heavy atom. The standard InChI is InChI=1S/C19H25NO4/c1-4-9-23-10-11-24-19(22)18-14(3)20-17(21)12-16(18)15-8-6-5-7-13(15)2/h5-8,16H,4,9-12H2,1-3H3,(H,20,21). The van der Waals surface area contributed by atoms with Crippen LogP contribution in [0.3, 0.4) is 0 Å². The zero-order chi connectivity index (χ0) is 17.5. The molecule has 1 unspecified atom stereocenters. The Labute approximate surface area is 143 Å². The van der Waals surface area contributed by atoms with Crippen molar-refractivity contribution in [3.63, 3.8) is 0 Å². The van der Waals surface area contributed by atoms with Gasteiger partial charge >= 0.3 is 5.97 Å². The van der Waals surface area contributed by atoms with Crippen molar-refractivity contribution in [2.24, 2.45) is 0 Å². The third-order valence-electron chi connectivity index (χ3n) is 4.06. The number of esters is 1. The van der Waals surface area contributed by atoms with Gasteiger partial charge in [-0.05, 0) is 31.4 Å². The van der Waals surface area contributed by atoms with Crippen molar-refractivity contribution in [3.05, 3.63) is 46.7 Å². The first-order valence-electron chi connectivity index (χ1n) is 8.35. The fourth-order valence-electron chi connectivity index (χ4n) is 2.93. The molecule has 1 aromatic rings. The highest BCUT2D eigenvalue weighted by Gasteiger charge is 2.33. The molecule has 0 bridgehead atoms. The van der Waals surface area contributed by atoms with Gasteiger partial charge in [0.2, 0.25) is 5.91 Å². The molecule has 5 heteroatoms. The number of carbonyl (C=O) groups excluding carboxylic acids is 2. The van der Waals surface area contributed by atoms with E-state index in [2.05, 4.69) is 5.32 Å². The van der Waals surface area contributed by atoms with Gasteiger partial charge in [0.1, 0.15) is 6.61 Å². The number of ether oxygens (including phenoxy) is 2. The third kappa shape index (κ3) is 4.45. The normalized spacial score (nSPS) is 17.6. The summed E-state index contributed by atoms with van der Waals surface area (Å²) in [5.74, 6) is -0.742. The summed E-state index contributed by atoms with van der Waals surface area (Å²) in [5, 5.41) is 2.75. The molecule has 0 saturated carbocycles. The molecule has 1 N–H and O–H groups in total. The third-order valence-corrected chi connectivity index (χ3v) is 4.06. The van der Waals surface area contributed by atoms with Gasteiger partial charge in [-0.25, -0.2) is 4.79 Å². The number of hydrogen-bond donors (Lipinski definition) is 1. The predicted molar refractivity (Wildman–Crippen MR) is 91.4 cm³/mol. The van der Waals surface area contributed by atoms with Crippen molar-refractivity contribution in [1.29, 1.82) is 0 Å². The Balaban J connectivity index is 2.17. The molecular formula is C19H25NO4. The largest absolute Gasteiger partial charge is 0.460 e. The second-order valence-electron chi connectivity index (χ2n) is 5.95. The number of nitrogens with one attached hydrogen (secondary N) is 1. The summed E-state index contributed by atoms with van der Waals surface area (Å²) in [6.45, 7) is 7.00. The van der Waals surface area contributed by atoms with Crippen LogP contribution >= 0.6 is 0 Å². The van der Waals surface area contributed by atoms with Crippen LogP contribution in [0.15, 0.2) is 35.5 Å². The molecule has 0 aliphatic carbocycles. The average Bonchev–Trinajstić information content (AvgIpc) is 2.54. The first-order valence-corrected chi connectivity index (χ1v) is 8.35. The minimum Gasteiger partial charge on any atom is -0.460 e. The summed E-state index contributed by atoms with van der Waals surface area (Å²) in [4.78, 5) is 24.5. The second-order valence-corrected chi connectivity index (χ2v) is 5.95. The zero-order valence-corrected chi connectivity index (χ0v) is 14.6. The highest BCUT2D eigenvalue weighted by Crippen LogP contribution is 2.34. The molecule has 1 heterocycles. The number of hydrogen-bond acceptors (Lipinski definition) is 4. The Morgan fingerprint density at radius 1 is 1.21 bits per heavy atom. The van der Waals surface area contributed by atoms with Crippen LogP contribution in [0.25, 0.3) is 0 Å². The van der Waals surface area contributed by atoms with Gasteiger partial charge in [-0.1, -0.05) is 31.2 Å². The minimum absolute atomic E-state index is 0.0800. The Bertz CT molecular complexity index is 636. The van der Waals surface area contributed by atoms with Gasteiger partial charge in [0, 0.05) is 24.6 Å². The number of rotatable bonds is 7. The summed E-state index contributed by atoms with van der Waals surface area (Å²) in [6.07, 6.45) is 1.18. The van der Waals surface area contributed by atoms with E-state index < -0.39 is 0 Å². The van der Waals surface area contributed by atoms with Crippen LogP contribution < -0.4 is 5.32 Å². The van der Waals surface area contributed by atoms with Gasteiger partial charge in [0.15, 0.2) is 0 Å². The predicted octanol–water partition coefficient (Wildman–Crippen LogP) is 2.84. The number of carbonyl (C=O) groups is 2. The molecule has 1 amide bonds. The van der Waals surface area contributed by atoms with Crippen molar-refractivity contribution in [1.82, 2.24) is 5.32 Å². The summed E-state index contributed by atoms with van der Waals surface area (Å²) >= 11 is 0. The summed E-state index contributed by atoms with van der Waals surface area (Å²) in [7, 11) is 0. The van der Waals surface area contributed by atoms with Crippen molar-refractivity contribution in [3.8, 4) is 0 Å². The van der Waals surface area contributed by atoms with Crippen molar-refractivity contribution in [2.45, 2.75) is 39.5 Å². The minimum atomic E-state index is -0.388. The van der Waals surface area contributed by atoms with Gasteiger partial charge in [-0.15, -0.1) is 0 Å². The van der Waals surface area contributed by atoms with Crippen LogP contribution in [0.5, 0.6) is 0 Å². The lowest BCUT2D eigenvalue weighted by Crippen LogP contribution is -2.34. The fraction of sp³-hybridized carbons (Fsp3) is 0.474. The first-order chi connectivity index (χ1) is 11.5. The van der Waals surface area contributed by atoms with E-state index in [9.17, 15) is 9.59 Å². The maximum Gasteiger partial charge on any atom is 0.336 e. The van der Waals surface area contributed by atoms with Gasteiger partial charge in [0.25, 0.3) is 0 Å². The van der Waals surface area contributed by atoms with E-state index in [0.29, 0.717) is 24.5 Å². The van der Waals surface area contributed by atoms with Crippen LogP contribution in [-0.2, 0) is 19.1 Å². The molecule has 1 aliphatic rings.